The first-order valence-corrected chi connectivity index (χ1v) is 5.43. The van der Waals surface area contributed by atoms with Crippen molar-refractivity contribution in [2.75, 3.05) is 6.61 Å². The van der Waals surface area contributed by atoms with Crippen molar-refractivity contribution in [2.45, 2.75) is 0 Å². The van der Waals surface area contributed by atoms with Gasteiger partial charge in [-0.05, 0) is 24.3 Å². The summed E-state index contributed by atoms with van der Waals surface area (Å²) in [6.45, 7) is -0.380. The summed E-state index contributed by atoms with van der Waals surface area (Å²) in [4.78, 5) is 11.7. The minimum atomic E-state index is -1.06. The summed E-state index contributed by atoms with van der Waals surface area (Å²) < 4.78 is 43.5. The molecule has 0 aliphatic heterocycles. The van der Waals surface area contributed by atoms with Crippen molar-refractivity contribution in [1.82, 2.24) is 0 Å². The van der Waals surface area contributed by atoms with Gasteiger partial charge in [0.05, 0.1) is 0 Å². The van der Waals surface area contributed by atoms with Gasteiger partial charge in [0, 0.05) is 11.6 Å². The first-order chi connectivity index (χ1) is 9.06. The zero-order chi connectivity index (χ0) is 13.8. The van der Waals surface area contributed by atoms with Crippen molar-refractivity contribution in [2.24, 2.45) is 0 Å². The van der Waals surface area contributed by atoms with E-state index in [9.17, 15) is 18.0 Å². The molecule has 0 saturated carbocycles. The van der Waals surface area contributed by atoms with Gasteiger partial charge in [-0.2, -0.15) is 0 Å². The fraction of sp³-hybridized carbons (Fsp3) is 0.0714. The summed E-state index contributed by atoms with van der Waals surface area (Å²) >= 11 is 0. The fourth-order valence-electron chi connectivity index (χ4n) is 1.46. The van der Waals surface area contributed by atoms with Crippen LogP contribution in [0.2, 0.25) is 0 Å². The second-order valence-corrected chi connectivity index (χ2v) is 3.80. The van der Waals surface area contributed by atoms with Crippen molar-refractivity contribution in [1.29, 1.82) is 0 Å². The van der Waals surface area contributed by atoms with E-state index >= 15 is 0 Å². The molecule has 0 aliphatic carbocycles. The first kappa shape index (κ1) is 13.1. The van der Waals surface area contributed by atoms with Gasteiger partial charge in [0.1, 0.15) is 11.6 Å². The molecule has 19 heavy (non-hydrogen) atoms. The average molecular weight is 266 g/mol. The minimum Gasteiger partial charge on any atom is -0.485 e. The molecule has 0 N–H and O–H groups in total. The zero-order valence-corrected chi connectivity index (χ0v) is 9.70. The number of ketones is 1. The van der Waals surface area contributed by atoms with Crippen LogP contribution in [-0.2, 0) is 0 Å². The number of Topliss-reactive ketones (excluding diaryl/α,β-unsaturated/α-hetero) is 1. The molecular formula is C14H9F3O2. The van der Waals surface area contributed by atoms with Gasteiger partial charge in [-0.25, -0.2) is 13.2 Å². The van der Waals surface area contributed by atoms with E-state index in [-0.39, 0.29) is 17.9 Å². The Morgan fingerprint density at radius 2 is 1.79 bits per heavy atom. The van der Waals surface area contributed by atoms with Crippen molar-refractivity contribution in [3.05, 3.63) is 65.5 Å². The molecule has 2 nitrogen and oxygen atoms in total. The van der Waals surface area contributed by atoms with E-state index in [1.54, 1.807) is 0 Å². The number of carbonyl (C=O) groups excluding carboxylic acids is 1. The highest BCUT2D eigenvalue weighted by atomic mass is 19.2. The first-order valence-electron chi connectivity index (χ1n) is 5.43. The molecule has 0 aliphatic rings. The molecule has 0 radical (unpaired) electrons. The summed E-state index contributed by atoms with van der Waals surface area (Å²) in [5.41, 5.74) is 0.155. The van der Waals surface area contributed by atoms with Crippen LogP contribution in [0.1, 0.15) is 10.4 Å². The smallest absolute Gasteiger partial charge is 0.200 e. The van der Waals surface area contributed by atoms with E-state index in [1.807, 2.05) is 0 Å². The average Bonchev–Trinajstić information content (AvgIpc) is 2.40. The molecule has 2 aromatic carbocycles. The number of carbonyl (C=O) groups is 1. The second kappa shape index (κ2) is 5.56. The molecule has 2 rings (SSSR count). The lowest BCUT2D eigenvalue weighted by Gasteiger charge is -2.06. The lowest BCUT2D eigenvalue weighted by atomic mass is 10.1. The standard InChI is InChI=1S/C14H9F3O2/c15-10-3-1-2-9(6-10)14(18)8-19-11-4-5-12(16)13(17)7-11/h1-7H,8H2. The van der Waals surface area contributed by atoms with Gasteiger partial charge in [0.25, 0.3) is 0 Å². The Morgan fingerprint density at radius 1 is 1.00 bits per heavy atom. The molecule has 0 saturated heterocycles. The van der Waals surface area contributed by atoms with E-state index < -0.39 is 23.2 Å². The topological polar surface area (TPSA) is 26.3 Å². The Hall–Kier alpha value is -2.30. The van der Waals surface area contributed by atoms with E-state index in [0.29, 0.717) is 0 Å². The van der Waals surface area contributed by atoms with E-state index in [0.717, 1.165) is 18.2 Å². The molecule has 2 aromatic rings. The molecule has 0 heterocycles. The minimum absolute atomic E-state index is 0.0312. The molecule has 0 bridgehead atoms. The normalized spacial score (nSPS) is 10.3. The summed E-state index contributed by atoms with van der Waals surface area (Å²) in [5.74, 6) is -3.01. The monoisotopic (exact) mass is 266 g/mol. The van der Waals surface area contributed by atoms with Crippen LogP contribution in [0.5, 0.6) is 5.75 Å². The van der Waals surface area contributed by atoms with Crippen molar-refractivity contribution in [3.8, 4) is 5.75 Å². The van der Waals surface area contributed by atoms with Crippen LogP contribution in [0.3, 0.4) is 0 Å². The summed E-state index contributed by atoms with van der Waals surface area (Å²) in [5, 5.41) is 0. The molecule has 98 valence electrons. The summed E-state index contributed by atoms with van der Waals surface area (Å²) in [6.07, 6.45) is 0. The predicted molar refractivity (Wildman–Crippen MR) is 62.6 cm³/mol. The van der Waals surface area contributed by atoms with Crippen molar-refractivity contribution >= 4 is 5.78 Å². The Balaban J connectivity index is 2.02. The Bertz CT molecular complexity index is 611. The van der Waals surface area contributed by atoms with E-state index in [4.69, 9.17) is 4.74 Å². The Kier molecular flexibility index (Phi) is 3.85. The van der Waals surface area contributed by atoms with Gasteiger partial charge in [-0.1, -0.05) is 12.1 Å². The van der Waals surface area contributed by atoms with Gasteiger partial charge >= 0.3 is 0 Å². The largest absolute Gasteiger partial charge is 0.485 e. The lowest BCUT2D eigenvalue weighted by molar-refractivity contribution is 0.0920. The molecule has 0 atom stereocenters. The lowest BCUT2D eigenvalue weighted by Crippen LogP contribution is -2.11. The van der Waals surface area contributed by atoms with Crippen LogP contribution < -0.4 is 4.74 Å². The predicted octanol–water partition coefficient (Wildman–Crippen LogP) is 3.37. The maximum atomic E-state index is 12.9. The SMILES string of the molecule is O=C(COc1ccc(F)c(F)c1)c1cccc(F)c1. The highest BCUT2D eigenvalue weighted by Crippen LogP contribution is 2.15. The number of ether oxygens (including phenoxy) is 1. The third-order valence-electron chi connectivity index (χ3n) is 2.41. The second-order valence-electron chi connectivity index (χ2n) is 3.80. The van der Waals surface area contributed by atoms with Crippen molar-refractivity contribution < 1.29 is 22.7 Å². The van der Waals surface area contributed by atoms with Crippen LogP contribution in [-0.4, -0.2) is 12.4 Å². The molecule has 0 amide bonds. The molecular weight excluding hydrogens is 257 g/mol. The zero-order valence-electron chi connectivity index (χ0n) is 9.70. The molecule has 0 fully saturated rings. The Labute approximate surface area is 107 Å². The Morgan fingerprint density at radius 3 is 2.47 bits per heavy atom. The maximum absolute atomic E-state index is 12.9. The van der Waals surface area contributed by atoms with Gasteiger partial charge in [0.15, 0.2) is 24.0 Å². The number of rotatable bonds is 4. The van der Waals surface area contributed by atoms with Crippen LogP contribution >= 0.6 is 0 Å². The molecule has 0 unspecified atom stereocenters. The van der Waals surface area contributed by atoms with Gasteiger partial charge in [-0.15, -0.1) is 0 Å². The quantitative estimate of drug-likeness (QED) is 0.793. The molecule has 5 heteroatoms. The van der Waals surface area contributed by atoms with E-state index in [1.165, 1.54) is 24.3 Å². The number of halogens is 3. The number of benzene rings is 2. The summed E-state index contributed by atoms with van der Waals surface area (Å²) in [6, 6.07) is 8.09. The number of hydrogen-bond donors (Lipinski definition) is 0. The third kappa shape index (κ3) is 3.34. The van der Waals surface area contributed by atoms with Crippen molar-refractivity contribution in [3.63, 3.8) is 0 Å². The maximum Gasteiger partial charge on any atom is 0.200 e. The molecule has 0 aromatic heterocycles. The molecule has 0 spiro atoms. The highest BCUT2D eigenvalue weighted by Gasteiger charge is 2.09. The van der Waals surface area contributed by atoms with Crippen LogP contribution in [0.4, 0.5) is 13.2 Å². The third-order valence-corrected chi connectivity index (χ3v) is 2.41. The van der Waals surface area contributed by atoms with Crippen LogP contribution in [0, 0.1) is 17.5 Å². The van der Waals surface area contributed by atoms with Crippen LogP contribution in [0.25, 0.3) is 0 Å². The highest BCUT2D eigenvalue weighted by molar-refractivity contribution is 5.97. The summed E-state index contributed by atoms with van der Waals surface area (Å²) in [7, 11) is 0. The fourth-order valence-corrected chi connectivity index (χ4v) is 1.46. The van der Waals surface area contributed by atoms with Gasteiger partial charge in [-0.3, -0.25) is 4.79 Å². The van der Waals surface area contributed by atoms with Crippen LogP contribution in [0.15, 0.2) is 42.5 Å². The number of hydrogen-bond acceptors (Lipinski definition) is 2. The van der Waals surface area contributed by atoms with E-state index in [2.05, 4.69) is 0 Å². The van der Waals surface area contributed by atoms with Gasteiger partial charge < -0.3 is 4.74 Å². The van der Waals surface area contributed by atoms with Gasteiger partial charge in [0.2, 0.25) is 0 Å².